The number of carboxylic acid groups (broad SMARTS) is 1. The summed E-state index contributed by atoms with van der Waals surface area (Å²) in [6.45, 7) is 0.770. The minimum absolute atomic E-state index is 0.206. The van der Waals surface area contributed by atoms with Gasteiger partial charge in [0.05, 0.1) is 29.1 Å². The maximum Gasteiger partial charge on any atom is 0.306 e. The van der Waals surface area contributed by atoms with Crippen LogP contribution in [0.4, 0.5) is 11.6 Å². The van der Waals surface area contributed by atoms with Crippen LogP contribution in [-0.4, -0.2) is 42.1 Å². The van der Waals surface area contributed by atoms with Crippen molar-refractivity contribution in [1.29, 1.82) is 0 Å². The number of aromatic nitrogens is 5. The molecule has 4 aromatic heterocycles. The third-order valence-corrected chi connectivity index (χ3v) is 7.43. The van der Waals surface area contributed by atoms with E-state index in [1.165, 1.54) is 0 Å². The Bertz CT molecular complexity index is 1610. The summed E-state index contributed by atoms with van der Waals surface area (Å²) in [6, 6.07) is 21.7. The van der Waals surface area contributed by atoms with Crippen LogP contribution in [0.2, 0.25) is 0 Å². The predicted molar refractivity (Wildman–Crippen MR) is 151 cm³/mol. The number of carboxylic acids is 1. The summed E-state index contributed by atoms with van der Waals surface area (Å²) in [6.07, 6.45) is 6.76. The van der Waals surface area contributed by atoms with Crippen LogP contribution in [0.1, 0.15) is 25.7 Å². The number of hydrogen-bond donors (Lipinski definition) is 3. The van der Waals surface area contributed by atoms with Crippen LogP contribution in [0.25, 0.3) is 39.5 Å². The van der Waals surface area contributed by atoms with Gasteiger partial charge in [0.2, 0.25) is 0 Å². The number of nitrogens with two attached hydrogens (primary N) is 1. The van der Waals surface area contributed by atoms with E-state index < -0.39 is 5.97 Å². The highest BCUT2D eigenvalue weighted by molar-refractivity contribution is 5.84. The molecule has 0 amide bonds. The Kier molecular flexibility index (Phi) is 6.62. The fourth-order valence-corrected chi connectivity index (χ4v) is 5.24. The molecule has 1 aliphatic rings. The number of rotatable bonds is 7. The monoisotopic (exact) mass is 519 g/mol. The van der Waals surface area contributed by atoms with E-state index in [0.717, 1.165) is 66.1 Å². The summed E-state index contributed by atoms with van der Waals surface area (Å²) in [4.78, 5) is 30.1. The molecule has 39 heavy (non-hydrogen) atoms. The van der Waals surface area contributed by atoms with Crippen LogP contribution in [0.3, 0.4) is 0 Å². The smallest absolute Gasteiger partial charge is 0.306 e. The zero-order chi connectivity index (χ0) is 26.8. The lowest BCUT2D eigenvalue weighted by molar-refractivity contribution is -0.143. The van der Waals surface area contributed by atoms with Gasteiger partial charge in [-0.15, -0.1) is 0 Å². The quantitative estimate of drug-likeness (QED) is 0.259. The summed E-state index contributed by atoms with van der Waals surface area (Å²) in [5.74, 6) is 1.36. The molecule has 196 valence electrons. The third kappa shape index (κ3) is 5.03. The van der Waals surface area contributed by atoms with E-state index in [1.54, 1.807) is 12.4 Å². The van der Waals surface area contributed by atoms with Crippen LogP contribution in [0, 0.1) is 11.8 Å². The number of nitrogens with one attached hydrogen (secondary N) is 1. The van der Waals surface area contributed by atoms with Gasteiger partial charge in [0.1, 0.15) is 17.2 Å². The predicted octanol–water partition coefficient (Wildman–Crippen LogP) is 5.43. The first-order valence-corrected chi connectivity index (χ1v) is 13.2. The average molecular weight is 520 g/mol. The molecule has 1 saturated carbocycles. The lowest BCUT2D eigenvalue weighted by Crippen LogP contribution is -2.25. The Morgan fingerprint density at radius 2 is 1.77 bits per heavy atom. The Morgan fingerprint density at radius 1 is 0.949 bits per heavy atom. The number of benzene rings is 1. The van der Waals surface area contributed by atoms with Crippen molar-refractivity contribution in [3.05, 3.63) is 79.1 Å². The number of pyridine rings is 3. The molecule has 0 aliphatic heterocycles. The molecule has 4 heterocycles. The number of carbonyl (C=O) groups is 1. The van der Waals surface area contributed by atoms with E-state index >= 15 is 0 Å². The van der Waals surface area contributed by atoms with Gasteiger partial charge in [-0.05, 0) is 68.0 Å². The first kappa shape index (κ1) is 24.5. The third-order valence-electron chi connectivity index (χ3n) is 7.43. The summed E-state index contributed by atoms with van der Waals surface area (Å²) in [7, 11) is 0. The Labute approximate surface area is 225 Å². The molecular formula is C30H29N7O2. The summed E-state index contributed by atoms with van der Waals surface area (Å²) in [5, 5.41) is 12.7. The molecule has 9 nitrogen and oxygen atoms in total. The van der Waals surface area contributed by atoms with Gasteiger partial charge in [0, 0.05) is 18.3 Å². The normalized spacial score (nSPS) is 17.2. The van der Waals surface area contributed by atoms with Crippen LogP contribution in [0.15, 0.2) is 79.1 Å². The summed E-state index contributed by atoms with van der Waals surface area (Å²) >= 11 is 0. The topological polar surface area (TPSA) is 132 Å². The Balaban J connectivity index is 1.32. The molecule has 0 unspecified atom stereocenters. The molecule has 5 aromatic rings. The number of nitrogen functional groups attached to an aromatic ring is 1. The number of fused-ring (bicyclic) bond motifs is 1. The molecule has 4 N–H and O–H groups in total. The van der Waals surface area contributed by atoms with Gasteiger partial charge >= 0.3 is 5.97 Å². The zero-order valence-electron chi connectivity index (χ0n) is 21.4. The van der Waals surface area contributed by atoms with Crippen LogP contribution in [-0.2, 0) is 4.79 Å². The molecular weight excluding hydrogens is 490 g/mol. The van der Waals surface area contributed by atoms with Crippen molar-refractivity contribution in [1.82, 2.24) is 24.5 Å². The van der Waals surface area contributed by atoms with Crippen molar-refractivity contribution in [2.45, 2.75) is 25.7 Å². The number of nitrogens with zero attached hydrogens (tertiary/aromatic N) is 5. The van der Waals surface area contributed by atoms with Crippen molar-refractivity contribution in [2.24, 2.45) is 11.8 Å². The van der Waals surface area contributed by atoms with E-state index in [2.05, 4.69) is 15.3 Å². The molecule has 0 saturated heterocycles. The van der Waals surface area contributed by atoms with Gasteiger partial charge in [-0.25, -0.2) is 19.9 Å². The van der Waals surface area contributed by atoms with E-state index in [9.17, 15) is 9.90 Å². The lowest BCUT2D eigenvalue weighted by atomic mass is 9.82. The SMILES string of the molecule is Nc1ncccc1-c1nc2ccc(-c3ccccc3)nc2n1-c1ccc(NCC2CCC(C(=O)O)CC2)nc1. The van der Waals surface area contributed by atoms with Crippen molar-refractivity contribution in [3.63, 3.8) is 0 Å². The number of imidazole rings is 1. The fraction of sp³-hybridized carbons (Fsp3) is 0.233. The second-order valence-corrected chi connectivity index (χ2v) is 9.95. The van der Waals surface area contributed by atoms with Crippen LogP contribution >= 0.6 is 0 Å². The summed E-state index contributed by atoms with van der Waals surface area (Å²) in [5.41, 5.74) is 11.1. The van der Waals surface area contributed by atoms with E-state index in [0.29, 0.717) is 23.2 Å². The van der Waals surface area contributed by atoms with Gasteiger partial charge in [-0.2, -0.15) is 0 Å². The van der Waals surface area contributed by atoms with Crippen LogP contribution in [0.5, 0.6) is 0 Å². The standard InChI is InChI=1S/C30H29N7O2/c31-27-23(7-4-16-32-27)28-36-25-14-13-24(20-5-2-1-3-6-20)35-29(25)37(28)22-12-15-26(34-18-22)33-17-19-8-10-21(11-9-19)30(38)39/h1-7,12-16,18-19,21H,8-11,17H2,(H2,31,32)(H,33,34)(H,38,39). The molecule has 0 spiro atoms. The number of hydrogen-bond acceptors (Lipinski definition) is 7. The molecule has 9 heteroatoms. The zero-order valence-corrected chi connectivity index (χ0v) is 21.4. The maximum atomic E-state index is 11.2. The van der Waals surface area contributed by atoms with Crippen molar-refractivity contribution in [2.75, 3.05) is 17.6 Å². The molecule has 1 fully saturated rings. The Morgan fingerprint density at radius 3 is 2.49 bits per heavy atom. The molecule has 0 bridgehead atoms. The average Bonchev–Trinajstić information content (AvgIpc) is 3.36. The van der Waals surface area contributed by atoms with Gasteiger partial charge in [0.25, 0.3) is 0 Å². The maximum absolute atomic E-state index is 11.2. The highest BCUT2D eigenvalue weighted by Crippen LogP contribution is 2.32. The van der Waals surface area contributed by atoms with Gasteiger partial charge in [-0.3, -0.25) is 9.36 Å². The van der Waals surface area contributed by atoms with Gasteiger partial charge in [0.15, 0.2) is 11.5 Å². The lowest BCUT2D eigenvalue weighted by Gasteiger charge is -2.26. The molecule has 1 aliphatic carbocycles. The first-order chi connectivity index (χ1) is 19.1. The van der Waals surface area contributed by atoms with E-state index in [1.807, 2.05) is 71.3 Å². The molecule has 6 rings (SSSR count). The highest BCUT2D eigenvalue weighted by atomic mass is 16.4. The molecule has 1 aromatic carbocycles. The molecule has 0 atom stereocenters. The van der Waals surface area contributed by atoms with Crippen molar-refractivity contribution < 1.29 is 9.90 Å². The van der Waals surface area contributed by atoms with E-state index in [4.69, 9.17) is 15.7 Å². The van der Waals surface area contributed by atoms with Crippen molar-refractivity contribution in [3.8, 4) is 28.3 Å². The number of aliphatic carboxylic acids is 1. The van der Waals surface area contributed by atoms with Crippen molar-refractivity contribution >= 4 is 28.8 Å². The second kappa shape index (κ2) is 10.5. The second-order valence-electron chi connectivity index (χ2n) is 9.95. The van der Waals surface area contributed by atoms with Gasteiger partial charge < -0.3 is 16.2 Å². The van der Waals surface area contributed by atoms with E-state index in [-0.39, 0.29) is 5.92 Å². The summed E-state index contributed by atoms with van der Waals surface area (Å²) < 4.78 is 1.97. The molecule has 0 radical (unpaired) electrons. The fourth-order valence-electron chi connectivity index (χ4n) is 5.24. The number of anilines is 2. The Hall–Kier alpha value is -4.79. The van der Waals surface area contributed by atoms with Crippen LogP contribution < -0.4 is 11.1 Å². The highest BCUT2D eigenvalue weighted by Gasteiger charge is 2.26. The minimum atomic E-state index is -0.677. The first-order valence-electron chi connectivity index (χ1n) is 13.2. The minimum Gasteiger partial charge on any atom is -0.481 e. The largest absolute Gasteiger partial charge is 0.481 e. The van der Waals surface area contributed by atoms with Gasteiger partial charge in [-0.1, -0.05) is 30.3 Å².